The number of carbonyl (C=O) groups is 1. The van der Waals surface area contributed by atoms with Crippen LogP contribution in [-0.2, 0) is 16.0 Å². The molecule has 0 aliphatic carbocycles. The highest BCUT2D eigenvalue weighted by Gasteiger charge is 2.33. The molecular formula is C22H18N6O2S. The summed E-state index contributed by atoms with van der Waals surface area (Å²) >= 11 is 1.51. The minimum absolute atomic E-state index is 0.0213. The fourth-order valence-electron chi connectivity index (χ4n) is 3.64. The van der Waals surface area contributed by atoms with Crippen molar-refractivity contribution in [2.45, 2.75) is 32.7 Å². The Bertz CT molecular complexity index is 1290. The molecule has 1 aliphatic rings. The maximum absolute atomic E-state index is 12.1. The molecular weight excluding hydrogens is 412 g/mol. The second-order valence-electron chi connectivity index (χ2n) is 7.07. The number of thiophene rings is 1. The zero-order valence-corrected chi connectivity index (χ0v) is 18.0. The van der Waals surface area contributed by atoms with Gasteiger partial charge in [-0.05, 0) is 31.5 Å². The number of aryl methyl sites for hydroxylation is 1. The summed E-state index contributed by atoms with van der Waals surface area (Å²) < 4.78 is 6.80. The highest BCUT2D eigenvalue weighted by molar-refractivity contribution is 7.15. The molecule has 31 heavy (non-hydrogen) atoms. The van der Waals surface area contributed by atoms with Gasteiger partial charge in [-0.25, -0.2) is 0 Å². The van der Waals surface area contributed by atoms with Crippen molar-refractivity contribution in [2.24, 2.45) is 4.99 Å². The van der Waals surface area contributed by atoms with Gasteiger partial charge in [0, 0.05) is 16.0 Å². The van der Waals surface area contributed by atoms with Gasteiger partial charge in [-0.3, -0.25) is 14.4 Å². The van der Waals surface area contributed by atoms with Gasteiger partial charge in [0.05, 0.1) is 43.4 Å². The number of methoxy groups -OCH3 is 1. The number of aliphatic imine (C=N–C) groups is 1. The molecule has 154 valence electrons. The minimum atomic E-state index is -0.585. The van der Waals surface area contributed by atoms with Gasteiger partial charge in [-0.2, -0.15) is 10.5 Å². The van der Waals surface area contributed by atoms with Crippen LogP contribution < -0.4 is 0 Å². The van der Waals surface area contributed by atoms with Gasteiger partial charge < -0.3 is 4.74 Å². The predicted octanol–water partition coefficient (Wildman–Crippen LogP) is 3.34. The van der Waals surface area contributed by atoms with Crippen LogP contribution in [0.5, 0.6) is 0 Å². The van der Waals surface area contributed by atoms with E-state index in [-0.39, 0.29) is 12.8 Å². The zero-order chi connectivity index (χ0) is 22.1. The molecule has 2 aromatic heterocycles. The Balaban J connectivity index is 2.01. The first-order chi connectivity index (χ1) is 15.0. The maximum atomic E-state index is 12.1. The van der Waals surface area contributed by atoms with E-state index in [0.29, 0.717) is 22.9 Å². The molecule has 3 aromatic rings. The Hall–Kier alpha value is -3.82. The van der Waals surface area contributed by atoms with E-state index in [9.17, 15) is 10.1 Å². The van der Waals surface area contributed by atoms with Crippen LogP contribution in [0.25, 0.3) is 5.00 Å². The van der Waals surface area contributed by atoms with Crippen molar-refractivity contribution in [2.75, 3.05) is 7.11 Å². The highest BCUT2D eigenvalue weighted by atomic mass is 32.1. The lowest BCUT2D eigenvalue weighted by Gasteiger charge is -2.11. The largest absolute Gasteiger partial charge is 0.469 e. The molecule has 0 radical (unpaired) electrons. The Morgan fingerprint density at radius 2 is 1.97 bits per heavy atom. The van der Waals surface area contributed by atoms with E-state index in [1.807, 2.05) is 30.5 Å². The van der Waals surface area contributed by atoms with Crippen LogP contribution in [0.4, 0.5) is 0 Å². The van der Waals surface area contributed by atoms with Crippen molar-refractivity contribution >= 4 is 23.0 Å². The summed E-state index contributed by atoms with van der Waals surface area (Å²) in [5, 5.41) is 27.9. The molecule has 1 aromatic carbocycles. The quantitative estimate of drug-likeness (QED) is 0.586. The van der Waals surface area contributed by atoms with Gasteiger partial charge in [0.1, 0.15) is 16.9 Å². The smallest absolute Gasteiger partial charge is 0.308 e. The fourth-order valence-corrected chi connectivity index (χ4v) is 4.94. The van der Waals surface area contributed by atoms with Crippen LogP contribution in [0.15, 0.2) is 29.3 Å². The lowest BCUT2D eigenvalue weighted by Crippen LogP contribution is -2.12. The Morgan fingerprint density at radius 1 is 1.23 bits per heavy atom. The number of benzene rings is 1. The molecule has 4 rings (SSSR count). The van der Waals surface area contributed by atoms with Gasteiger partial charge in [-0.1, -0.05) is 12.1 Å². The minimum Gasteiger partial charge on any atom is -0.469 e. The van der Waals surface area contributed by atoms with Crippen LogP contribution in [-0.4, -0.2) is 33.6 Å². The Labute approximate surface area is 183 Å². The number of nitriles is 2. The molecule has 3 heterocycles. The maximum Gasteiger partial charge on any atom is 0.308 e. The van der Waals surface area contributed by atoms with E-state index >= 15 is 0 Å². The third-order valence-corrected chi connectivity index (χ3v) is 6.49. The SMILES string of the molecule is COC(=O)C[C@@H]1N=C(c2ccc(C#N)cc2)c2c(sc(CC#N)c2C)-n2c(C)nnc21. The third-order valence-electron chi connectivity index (χ3n) is 5.21. The van der Waals surface area contributed by atoms with Crippen molar-refractivity contribution in [3.63, 3.8) is 0 Å². The monoisotopic (exact) mass is 430 g/mol. The summed E-state index contributed by atoms with van der Waals surface area (Å²) in [6, 6.07) is 10.9. The van der Waals surface area contributed by atoms with E-state index in [1.165, 1.54) is 18.4 Å². The number of rotatable bonds is 4. The van der Waals surface area contributed by atoms with Crippen molar-refractivity contribution in [3.8, 4) is 17.1 Å². The van der Waals surface area contributed by atoms with Gasteiger partial charge in [0.15, 0.2) is 5.82 Å². The van der Waals surface area contributed by atoms with Gasteiger partial charge in [0.2, 0.25) is 0 Å². The van der Waals surface area contributed by atoms with Crippen molar-refractivity contribution < 1.29 is 9.53 Å². The van der Waals surface area contributed by atoms with Gasteiger partial charge in [0.25, 0.3) is 0 Å². The molecule has 0 saturated carbocycles. The first-order valence-electron chi connectivity index (χ1n) is 9.55. The molecule has 1 atom stereocenters. The van der Waals surface area contributed by atoms with E-state index in [4.69, 9.17) is 15.0 Å². The fraction of sp³-hybridized carbons (Fsp3) is 0.273. The molecule has 1 aliphatic heterocycles. The average molecular weight is 430 g/mol. The van der Waals surface area contributed by atoms with E-state index < -0.39 is 12.0 Å². The molecule has 0 bridgehead atoms. The van der Waals surface area contributed by atoms with Crippen LogP contribution in [0.2, 0.25) is 0 Å². The number of carbonyl (C=O) groups excluding carboxylic acids is 1. The summed E-state index contributed by atoms with van der Waals surface area (Å²) in [6.07, 6.45) is 0.305. The molecule has 0 spiro atoms. The number of fused-ring (bicyclic) bond motifs is 3. The number of aromatic nitrogens is 3. The molecule has 0 amide bonds. The third kappa shape index (κ3) is 3.49. The van der Waals surface area contributed by atoms with E-state index in [2.05, 4.69) is 22.3 Å². The number of nitrogens with zero attached hydrogens (tertiary/aromatic N) is 6. The predicted molar refractivity (Wildman–Crippen MR) is 114 cm³/mol. The van der Waals surface area contributed by atoms with Crippen LogP contribution in [0.3, 0.4) is 0 Å². The second kappa shape index (κ2) is 8.13. The molecule has 8 nitrogen and oxygen atoms in total. The molecule has 9 heteroatoms. The standard InChI is InChI=1S/C22H18N6O2S/c1-12-17(8-9-23)31-22-19(12)20(15-6-4-14(11-24)5-7-15)25-16(10-18(29)30-3)21-27-26-13(2)28(21)22/h4-7,16H,8,10H2,1-3H3/t16-/m0/s1. The van der Waals surface area contributed by atoms with Crippen molar-refractivity contribution in [1.82, 2.24) is 14.8 Å². The lowest BCUT2D eigenvalue weighted by molar-refractivity contribution is -0.141. The number of hydrogen-bond acceptors (Lipinski definition) is 8. The zero-order valence-electron chi connectivity index (χ0n) is 17.2. The second-order valence-corrected chi connectivity index (χ2v) is 8.15. The summed E-state index contributed by atoms with van der Waals surface area (Å²) in [5.74, 6) is 0.831. The Kier molecular flexibility index (Phi) is 5.37. The highest BCUT2D eigenvalue weighted by Crippen LogP contribution is 2.40. The van der Waals surface area contributed by atoms with E-state index in [0.717, 1.165) is 26.6 Å². The summed E-state index contributed by atoms with van der Waals surface area (Å²) in [6.45, 7) is 3.82. The van der Waals surface area contributed by atoms with Crippen LogP contribution in [0.1, 0.15) is 51.2 Å². The van der Waals surface area contributed by atoms with Crippen molar-refractivity contribution in [1.29, 1.82) is 10.5 Å². The van der Waals surface area contributed by atoms with Crippen LogP contribution in [0, 0.1) is 36.5 Å². The summed E-state index contributed by atoms with van der Waals surface area (Å²) in [4.78, 5) is 18.0. The first-order valence-corrected chi connectivity index (χ1v) is 10.4. The Morgan fingerprint density at radius 3 is 2.61 bits per heavy atom. The number of ether oxygens (including phenoxy) is 1. The van der Waals surface area contributed by atoms with E-state index in [1.54, 1.807) is 12.1 Å². The summed E-state index contributed by atoms with van der Waals surface area (Å²) in [5.41, 5.74) is 3.90. The van der Waals surface area contributed by atoms with Gasteiger partial charge >= 0.3 is 5.97 Å². The molecule has 0 saturated heterocycles. The number of esters is 1. The normalized spacial score (nSPS) is 14.5. The first kappa shape index (κ1) is 20.5. The number of hydrogen-bond donors (Lipinski definition) is 0. The summed E-state index contributed by atoms with van der Waals surface area (Å²) in [7, 11) is 1.34. The molecule has 0 unspecified atom stereocenters. The average Bonchev–Trinajstić information content (AvgIpc) is 3.27. The van der Waals surface area contributed by atoms with Crippen LogP contribution >= 0.6 is 11.3 Å². The molecule has 0 fully saturated rings. The topological polar surface area (TPSA) is 117 Å². The van der Waals surface area contributed by atoms with Crippen molar-refractivity contribution in [3.05, 3.63) is 63.0 Å². The van der Waals surface area contributed by atoms with Gasteiger partial charge in [-0.15, -0.1) is 21.5 Å². The molecule has 0 N–H and O–H groups in total. The lowest BCUT2D eigenvalue weighted by atomic mass is 9.98.